The van der Waals surface area contributed by atoms with Crippen molar-refractivity contribution in [2.75, 3.05) is 19.6 Å². The Morgan fingerprint density at radius 1 is 1.55 bits per heavy atom. The number of nitrogens with one attached hydrogen (secondary N) is 1. The summed E-state index contributed by atoms with van der Waals surface area (Å²) in [6.45, 7) is 7.66. The number of halogens is 4. The van der Waals surface area contributed by atoms with Gasteiger partial charge in [0.15, 0.2) is 0 Å². The highest BCUT2D eigenvalue weighted by molar-refractivity contribution is 6.29. The third kappa shape index (κ3) is 11.3. The molecule has 10 heteroatoms. The van der Waals surface area contributed by atoms with E-state index in [1.54, 1.807) is 18.4 Å². The molecular formula is C21H31ClF3N5O. The normalized spacial score (nSPS) is 19.2. The van der Waals surface area contributed by atoms with Crippen LogP contribution in [0.4, 0.5) is 13.2 Å². The first kappa shape index (κ1) is 27.1. The summed E-state index contributed by atoms with van der Waals surface area (Å²) in [6.07, 6.45) is 6.09. The first-order valence-corrected chi connectivity index (χ1v) is 10.4. The minimum Gasteiger partial charge on any atom is -0.393 e. The number of nitrogens with two attached hydrogens (primary N) is 1. The summed E-state index contributed by atoms with van der Waals surface area (Å²) < 4.78 is 37.0. The van der Waals surface area contributed by atoms with E-state index in [0.29, 0.717) is 49.2 Å². The maximum Gasteiger partial charge on any atom is 0.432 e. The molecule has 0 aliphatic carbocycles. The largest absolute Gasteiger partial charge is 0.432 e. The molecule has 1 heterocycles. The third-order valence-electron chi connectivity index (χ3n) is 4.48. The van der Waals surface area contributed by atoms with Gasteiger partial charge in [-0.25, -0.2) is 0 Å². The van der Waals surface area contributed by atoms with Crippen molar-refractivity contribution < 1.29 is 18.3 Å². The number of alkyl halides is 3. The summed E-state index contributed by atoms with van der Waals surface area (Å²) >= 11 is 6.07. The molecule has 0 saturated heterocycles. The monoisotopic (exact) mass is 461 g/mol. The Morgan fingerprint density at radius 3 is 2.87 bits per heavy atom. The lowest BCUT2D eigenvalue weighted by Gasteiger charge is -2.29. The maximum atomic E-state index is 12.3. The quantitative estimate of drug-likeness (QED) is 0.221. The highest BCUT2D eigenvalue weighted by atomic mass is 35.5. The number of rotatable bonds is 13. The van der Waals surface area contributed by atoms with E-state index in [1.165, 1.54) is 6.21 Å². The molecule has 174 valence electrons. The van der Waals surface area contributed by atoms with E-state index in [-0.39, 0.29) is 6.17 Å². The number of aliphatic hydroxyl groups excluding tert-OH is 1. The van der Waals surface area contributed by atoms with Gasteiger partial charge in [0.05, 0.1) is 6.20 Å². The third-order valence-corrected chi connectivity index (χ3v) is 4.82. The van der Waals surface area contributed by atoms with Gasteiger partial charge >= 0.3 is 6.18 Å². The molecule has 4 N–H and O–H groups in total. The van der Waals surface area contributed by atoms with E-state index in [0.717, 1.165) is 13.0 Å². The summed E-state index contributed by atoms with van der Waals surface area (Å²) in [5.74, 6) is 0. The van der Waals surface area contributed by atoms with Crippen LogP contribution >= 0.6 is 11.6 Å². The van der Waals surface area contributed by atoms with Gasteiger partial charge in [0, 0.05) is 49.0 Å². The molecule has 0 spiro atoms. The van der Waals surface area contributed by atoms with E-state index < -0.39 is 18.1 Å². The summed E-state index contributed by atoms with van der Waals surface area (Å²) in [7, 11) is 0. The van der Waals surface area contributed by atoms with Crippen LogP contribution in [0.3, 0.4) is 0 Å². The Hall–Kier alpha value is -1.94. The number of aliphatic imine (C=N–C) groups is 2. The van der Waals surface area contributed by atoms with Crippen LogP contribution in [0.2, 0.25) is 0 Å². The van der Waals surface area contributed by atoms with Crippen LogP contribution in [-0.4, -0.2) is 60.6 Å². The molecular weight excluding hydrogens is 431 g/mol. The first-order chi connectivity index (χ1) is 14.7. The van der Waals surface area contributed by atoms with E-state index in [2.05, 4.69) is 26.8 Å². The maximum absolute atomic E-state index is 12.3. The van der Waals surface area contributed by atoms with Crippen molar-refractivity contribution in [1.29, 1.82) is 0 Å². The fraction of sp³-hybridized carbons (Fsp3) is 0.524. The van der Waals surface area contributed by atoms with Gasteiger partial charge < -0.3 is 10.8 Å². The van der Waals surface area contributed by atoms with Crippen LogP contribution in [0.15, 0.2) is 57.3 Å². The summed E-state index contributed by atoms with van der Waals surface area (Å²) in [4.78, 5) is 10.2. The van der Waals surface area contributed by atoms with Crippen molar-refractivity contribution in [2.45, 2.75) is 51.2 Å². The molecule has 6 nitrogen and oxygen atoms in total. The van der Waals surface area contributed by atoms with E-state index in [9.17, 15) is 18.3 Å². The second-order valence-corrected chi connectivity index (χ2v) is 7.36. The van der Waals surface area contributed by atoms with Gasteiger partial charge in [-0.05, 0) is 19.4 Å². The van der Waals surface area contributed by atoms with E-state index in [1.807, 2.05) is 13.0 Å². The van der Waals surface area contributed by atoms with Gasteiger partial charge in [-0.1, -0.05) is 36.8 Å². The number of nitrogens with zero attached hydrogens (tertiary/aromatic N) is 3. The van der Waals surface area contributed by atoms with Gasteiger partial charge in [-0.15, -0.1) is 6.58 Å². The molecule has 0 radical (unpaired) electrons. The molecule has 0 aromatic carbocycles. The van der Waals surface area contributed by atoms with Gasteiger partial charge in [-0.2, -0.15) is 13.2 Å². The van der Waals surface area contributed by atoms with E-state index in [4.69, 9.17) is 17.3 Å². The fourth-order valence-electron chi connectivity index (χ4n) is 2.69. The van der Waals surface area contributed by atoms with Gasteiger partial charge in [0.25, 0.3) is 0 Å². The van der Waals surface area contributed by atoms with Crippen molar-refractivity contribution in [2.24, 2.45) is 15.7 Å². The molecule has 2 atom stereocenters. The molecule has 1 rings (SSSR count). The Labute approximate surface area is 186 Å². The van der Waals surface area contributed by atoms with Crippen LogP contribution in [0, 0.1) is 0 Å². The second-order valence-electron chi connectivity index (χ2n) is 6.87. The standard InChI is InChI=1S/C21H31ClF3N5O/c1-3-5-6-17(22)8-10-20(31)28-11-12-30(4-2)19-9-7-16(14-29-19)13-27-15-18(26)21(23,24)25/h3,7-8,13-15,19-20,28,31H,1,4-6,9-12,26H2,2H3/b17-8-,18-15-,27-13+. The molecule has 1 aliphatic rings. The average molecular weight is 462 g/mol. The van der Waals surface area contributed by atoms with Gasteiger partial charge in [-0.3, -0.25) is 20.2 Å². The van der Waals surface area contributed by atoms with Crippen LogP contribution in [0.1, 0.15) is 32.6 Å². The first-order valence-electron chi connectivity index (χ1n) is 10.1. The predicted molar refractivity (Wildman–Crippen MR) is 121 cm³/mol. The molecule has 0 fully saturated rings. The highest BCUT2D eigenvalue weighted by Crippen LogP contribution is 2.21. The number of hydrogen-bond donors (Lipinski definition) is 3. The van der Waals surface area contributed by atoms with Crippen molar-refractivity contribution in [3.63, 3.8) is 0 Å². The Balaban J connectivity index is 2.43. The lowest BCUT2D eigenvalue weighted by Crippen LogP contribution is -2.41. The molecule has 0 aromatic rings. The molecule has 0 aromatic heterocycles. The zero-order valence-electron chi connectivity index (χ0n) is 17.7. The number of dihydropyridines is 1. The minimum atomic E-state index is -4.59. The van der Waals surface area contributed by atoms with Crippen molar-refractivity contribution in [1.82, 2.24) is 10.2 Å². The predicted octanol–water partition coefficient (Wildman–Crippen LogP) is 3.86. The molecule has 1 aliphatic heterocycles. The second kappa shape index (κ2) is 14.2. The lowest BCUT2D eigenvalue weighted by molar-refractivity contribution is -0.0928. The van der Waals surface area contributed by atoms with Crippen LogP contribution in [0.5, 0.6) is 0 Å². The summed E-state index contributed by atoms with van der Waals surface area (Å²) in [6, 6.07) is 0. The van der Waals surface area contributed by atoms with E-state index >= 15 is 0 Å². The van der Waals surface area contributed by atoms with Crippen molar-refractivity contribution in [3.8, 4) is 0 Å². The molecule has 0 bridgehead atoms. The summed E-state index contributed by atoms with van der Waals surface area (Å²) in [5.41, 5.74) is 4.26. The number of likely N-dealkylation sites (N-methyl/N-ethyl adjacent to an activating group) is 1. The molecule has 0 amide bonds. The lowest BCUT2D eigenvalue weighted by atomic mass is 10.1. The molecule has 2 unspecified atom stereocenters. The Bertz CT molecular complexity index is 716. The number of hydrogen-bond acceptors (Lipinski definition) is 6. The smallest absolute Gasteiger partial charge is 0.393 e. The van der Waals surface area contributed by atoms with Crippen molar-refractivity contribution >= 4 is 24.0 Å². The number of aliphatic hydroxyl groups is 1. The zero-order valence-corrected chi connectivity index (χ0v) is 18.4. The Morgan fingerprint density at radius 2 is 2.29 bits per heavy atom. The minimum absolute atomic E-state index is 0.0786. The van der Waals surface area contributed by atoms with Crippen LogP contribution in [0.25, 0.3) is 0 Å². The van der Waals surface area contributed by atoms with Gasteiger partial charge in [0.1, 0.15) is 18.1 Å². The van der Waals surface area contributed by atoms with Crippen molar-refractivity contribution in [3.05, 3.63) is 47.3 Å². The SMILES string of the molecule is C=CCC/C(Cl)=C/CC(O)NCCN(CC)C1CC=C(/C=N/C=C(\N)C(F)(F)F)C=N1. The van der Waals surface area contributed by atoms with Crippen LogP contribution < -0.4 is 11.1 Å². The molecule has 0 saturated carbocycles. The highest BCUT2D eigenvalue weighted by Gasteiger charge is 2.31. The topological polar surface area (TPSA) is 86.2 Å². The summed E-state index contributed by atoms with van der Waals surface area (Å²) in [5, 5.41) is 13.8. The Kier molecular flexibility index (Phi) is 12.4. The molecule has 31 heavy (non-hydrogen) atoms. The zero-order chi connectivity index (χ0) is 23.3. The average Bonchev–Trinajstić information content (AvgIpc) is 2.73. The van der Waals surface area contributed by atoms with Crippen LogP contribution in [-0.2, 0) is 0 Å². The van der Waals surface area contributed by atoms with Gasteiger partial charge in [0.2, 0.25) is 0 Å². The fourth-order valence-corrected chi connectivity index (χ4v) is 2.89. The number of allylic oxidation sites excluding steroid dienone is 4.